The lowest BCUT2D eigenvalue weighted by Gasteiger charge is -2.16. The Kier molecular flexibility index (Phi) is 4.26. The molecule has 2 aromatic carbocycles. The van der Waals surface area contributed by atoms with Crippen molar-refractivity contribution >= 4 is 0 Å². The van der Waals surface area contributed by atoms with Crippen molar-refractivity contribution in [2.45, 2.75) is 18.8 Å². The van der Waals surface area contributed by atoms with Crippen LogP contribution < -0.4 is 4.74 Å². The van der Waals surface area contributed by atoms with Crippen molar-refractivity contribution < 1.29 is 9.84 Å². The van der Waals surface area contributed by atoms with Gasteiger partial charge in [-0.2, -0.15) is 0 Å². The molecule has 0 aliphatic heterocycles. The van der Waals surface area contributed by atoms with Crippen molar-refractivity contribution in [1.82, 2.24) is 0 Å². The number of methoxy groups -OCH3 is 1. The van der Waals surface area contributed by atoms with Gasteiger partial charge in [-0.25, -0.2) is 0 Å². The Labute approximate surface area is 126 Å². The van der Waals surface area contributed by atoms with Gasteiger partial charge in [-0.15, -0.1) is 0 Å². The zero-order valence-electron chi connectivity index (χ0n) is 12.4. The van der Waals surface area contributed by atoms with E-state index in [0.29, 0.717) is 17.8 Å². The standard InChI is InChI=1S/C19H22O2/c1-21-19-10-6-5-9-15(19)11-16(13-20)18-12-17(18)14-7-3-2-4-8-14/h2-10,16-18,20H,11-13H2,1H3. The summed E-state index contributed by atoms with van der Waals surface area (Å²) in [6, 6.07) is 18.8. The first-order chi connectivity index (χ1) is 10.3. The van der Waals surface area contributed by atoms with Gasteiger partial charge in [-0.1, -0.05) is 48.5 Å². The van der Waals surface area contributed by atoms with Crippen molar-refractivity contribution in [2.75, 3.05) is 13.7 Å². The molecular formula is C19H22O2. The molecule has 3 atom stereocenters. The first-order valence-electron chi connectivity index (χ1n) is 7.61. The van der Waals surface area contributed by atoms with Crippen molar-refractivity contribution in [3.63, 3.8) is 0 Å². The Bertz CT molecular complexity index is 579. The van der Waals surface area contributed by atoms with Gasteiger partial charge in [0.1, 0.15) is 5.75 Å². The van der Waals surface area contributed by atoms with E-state index in [4.69, 9.17) is 4.74 Å². The number of ether oxygens (including phenoxy) is 1. The van der Waals surface area contributed by atoms with Gasteiger partial charge in [0.05, 0.1) is 7.11 Å². The molecule has 1 N–H and O–H groups in total. The van der Waals surface area contributed by atoms with Crippen molar-refractivity contribution in [2.24, 2.45) is 11.8 Å². The summed E-state index contributed by atoms with van der Waals surface area (Å²) in [5.41, 5.74) is 2.60. The summed E-state index contributed by atoms with van der Waals surface area (Å²) >= 11 is 0. The van der Waals surface area contributed by atoms with Crippen molar-refractivity contribution in [1.29, 1.82) is 0 Å². The molecule has 1 aliphatic rings. The van der Waals surface area contributed by atoms with E-state index in [-0.39, 0.29) is 6.61 Å². The normalized spacial score (nSPS) is 21.8. The predicted octanol–water partition coefficient (Wildman–Crippen LogP) is 3.65. The Balaban J connectivity index is 1.70. The van der Waals surface area contributed by atoms with Crippen LogP contribution in [0.4, 0.5) is 0 Å². The van der Waals surface area contributed by atoms with Crippen molar-refractivity contribution in [3.05, 3.63) is 65.7 Å². The monoisotopic (exact) mass is 282 g/mol. The van der Waals surface area contributed by atoms with Crippen LogP contribution in [0.2, 0.25) is 0 Å². The summed E-state index contributed by atoms with van der Waals surface area (Å²) in [6.07, 6.45) is 2.07. The number of hydrogen-bond acceptors (Lipinski definition) is 2. The highest BCUT2D eigenvalue weighted by molar-refractivity contribution is 5.34. The third-order valence-electron chi connectivity index (χ3n) is 4.58. The molecule has 1 aliphatic carbocycles. The number of para-hydroxylation sites is 1. The second kappa shape index (κ2) is 6.31. The molecular weight excluding hydrogens is 260 g/mol. The van der Waals surface area contributed by atoms with Gasteiger partial charge in [-0.3, -0.25) is 0 Å². The average Bonchev–Trinajstić information content (AvgIpc) is 3.34. The van der Waals surface area contributed by atoms with Crippen LogP contribution in [-0.2, 0) is 6.42 Å². The fraction of sp³-hybridized carbons (Fsp3) is 0.368. The van der Waals surface area contributed by atoms with Gasteiger partial charge in [0, 0.05) is 6.61 Å². The number of benzene rings is 2. The molecule has 3 rings (SSSR count). The van der Waals surface area contributed by atoms with Gasteiger partial charge >= 0.3 is 0 Å². The molecule has 2 nitrogen and oxygen atoms in total. The Morgan fingerprint density at radius 2 is 1.81 bits per heavy atom. The molecule has 0 aromatic heterocycles. The summed E-state index contributed by atoms with van der Waals surface area (Å²) in [7, 11) is 1.71. The van der Waals surface area contributed by atoms with Gasteiger partial charge in [0.25, 0.3) is 0 Å². The lowest BCUT2D eigenvalue weighted by molar-refractivity contribution is 0.206. The topological polar surface area (TPSA) is 29.5 Å². The SMILES string of the molecule is COc1ccccc1CC(CO)C1CC1c1ccccc1. The molecule has 0 radical (unpaired) electrons. The summed E-state index contributed by atoms with van der Waals surface area (Å²) < 4.78 is 5.42. The van der Waals surface area contributed by atoms with E-state index in [1.807, 2.05) is 18.2 Å². The molecule has 2 aromatic rings. The van der Waals surface area contributed by atoms with Crippen molar-refractivity contribution in [3.8, 4) is 5.75 Å². The zero-order valence-corrected chi connectivity index (χ0v) is 12.4. The van der Waals surface area contributed by atoms with E-state index in [2.05, 4.69) is 36.4 Å². The van der Waals surface area contributed by atoms with Crippen LogP contribution in [0.25, 0.3) is 0 Å². The summed E-state index contributed by atoms with van der Waals surface area (Å²) in [5, 5.41) is 9.79. The second-order valence-electron chi connectivity index (χ2n) is 5.88. The average molecular weight is 282 g/mol. The smallest absolute Gasteiger partial charge is 0.122 e. The molecule has 0 bridgehead atoms. The molecule has 2 heteroatoms. The third-order valence-corrected chi connectivity index (χ3v) is 4.58. The zero-order chi connectivity index (χ0) is 14.7. The molecule has 0 amide bonds. The highest BCUT2D eigenvalue weighted by Crippen LogP contribution is 2.52. The molecule has 21 heavy (non-hydrogen) atoms. The maximum atomic E-state index is 9.79. The summed E-state index contributed by atoms with van der Waals surface area (Å²) in [6.45, 7) is 0.242. The minimum Gasteiger partial charge on any atom is -0.496 e. The number of hydrogen-bond donors (Lipinski definition) is 1. The van der Waals surface area contributed by atoms with Crippen LogP contribution in [0.1, 0.15) is 23.5 Å². The Morgan fingerprint density at radius 1 is 1.10 bits per heavy atom. The maximum Gasteiger partial charge on any atom is 0.122 e. The van der Waals surface area contributed by atoms with E-state index in [9.17, 15) is 5.11 Å². The van der Waals surface area contributed by atoms with Crippen LogP contribution in [0.5, 0.6) is 5.75 Å². The molecule has 0 saturated heterocycles. The first-order valence-corrected chi connectivity index (χ1v) is 7.61. The predicted molar refractivity (Wildman–Crippen MR) is 84.6 cm³/mol. The van der Waals surface area contributed by atoms with Gasteiger partial charge in [0.2, 0.25) is 0 Å². The summed E-state index contributed by atoms with van der Waals surface area (Å²) in [4.78, 5) is 0. The number of aliphatic hydroxyl groups is 1. The minimum atomic E-state index is 0.242. The van der Waals surface area contributed by atoms with Gasteiger partial charge in [-0.05, 0) is 47.8 Å². The van der Waals surface area contributed by atoms with Crippen LogP contribution in [0, 0.1) is 11.8 Å². The molecule has 1 saturated carbocycles. The van der Waals surface area contributed by atoms with Crippen LogP contribution in [0.15, 0.2) is 54.6 Å². The third kappa shape index (κ3) is 3.11. The highest BCUT2D eigenvalue weighted by Gasteiger charge is 2.43. The maximum absolute atomic E-state index is 9.79. The van der Waals surface area contributed by atoms with E-state index in [0.717, 1.165) is 12.2 Å². The number of aliphatic hydroxyl groups excluding tert-OH is 1. The summed E-state index contributed by atoms with van der Waals surface area (Å²) in [5.74, 6) is 2.43. The Morgan fingerprint density at radius 3 is 2.52 bits per heavy atom. The molecule has 0 spiro atoms. The highest BCUT2D eigenvalue weighted by atomic mass is 16.5. The Hall–Kier alpha value is -1.80. The lowest BCUT2D eigenvalue weighted by atomic mass is 9.92. The fourth-order valence-electron chi connectivity index (χ4n) is 3.32. The molecule has 1 fully saturated rings. The van der Waals surface area contributed by atoms with Crippen LogP contribution in [-0.4, -0.2) is 18.8 Å². The largest absolute Gasteiger partial charge is 0.496 e. The molecule has 3 unspecified atom stereocenters. The molecule has 0 heterocycles. The molecule has 110 valence electrons. The quantitative estimate of drug-likeness (QED) is 0.876. The van der Waals surface area contributed by atoms with Gasteiger partial charge in [0.15, 0.2) is 0 Å². The van der Waals surface area contributed by atoms with Crippen LogP contribution >= 0.6 is 0 Å². The lowest BCUT2D eigenvalue weighted by Crippen LogP contribution is -2.13. The number of rotatable bonds is 6. The fourth-order valence-corrected chi connectivity index (χ4v) is 3.32. The van der Waals surface area contributed by atoms with Gasteiger partial charge < -0.3 is 9.84 Å². The van der Waals surface area contributed by atoms with E-state index < -0.39 is 0 Å². The minimum absolute atomic E-state index is 0.242. The van der Waals surface area contributed by atoms with E-state index in [1.54, 1.807) is 7.11 Å². The van der Waals surface area contributed by atoms with Crippen LogP contribution in [0.3, 0.4) is 0 Å². The second-order valence-corrected chi connectivity index (χ2v) is 5.88. The first kappa shape index (κ1) is 14.2. The van der Waals surface area contributed by atoms with E-state index in [1.165, 1.54) is 17.5 Å². The van der Waals surface area contributed by atoms with E-state index >= 15 is 0 Å².